The second kappa shape index (κ2) is 9.65. The number of urea groups is 1. The molecular formula is C17H22N4O7. The van der Waals surface area contributed by atoms with E-state index in [1.54, 1.807) is 13.8 Å². The van der Waals surface area contributed by atoms with Crippen LogP contribution in [0.2, 0.25) is 0 Å². The second-order valence-corrected chi connectivity index (χ2v) is 5.78. The van der Waals surface area contributed by atoms with Crippen LogP contribution in [0.5, 0.6) is 0 Å². The molecule has 11 nitrogen and oxygen atoms in total. The summed E-state index contributed by atoms with van der Waals surface area (Å²) in [5, 5.41) is 8.92. The number of esters is 2. The van der Waals surface area contributed by atoms with Crippen molar-refractivity contribution in [2.24, 2.45) is 0 Å². The smallest absolute Gasteiger partial charge is 0.359 e. The number of carbonyl (C=O) groups excluding carboxylic acids is 3. The number of carbonyl (C=O) groups is 3. The molecule has 0 aromatic carbocycles. The van der Waals surface area contributed by atoms with Gasteiger partial charge in [-0.2, -0.15) is 5.10 Å². The lowest BCUT2D eigenvalue weighted by Crippen LogP contribution is -2.50. The molecule has 0 bridgehead atoms. The first-order valence-electron chi connectivity index (χ1n) is 8.59. The Balaban J connectivity index is 2.17. The molecule has 28 heavy (non-hydrogen) atoms. The molecule has 1 aliphatic rings. The molecule has 0 aliphatic carbocycles. The van der Waals surface area contributed by atoms with E-state index in [9.17, 15) is 19.2 Å². The van der Waals surface area contributed by atoms with Crippen LogP contribution in [0, 0.1) is 0 Å². The number of ether oxygens (including phenoxy) is 3. The molecule has 11 heteroatoms. The van der Waals surface area contributed by atoms with E-state index in [0.29, 0.717) is 0 Å². The molecule has 1 unspecified atom stereocenters. The van der Waals surface area contributed by atoms with E-state index in [1.165, 1.54) is 19.2 Å². The molecule has 1 aliphatic heterocycles. The van der Waals surface area contributed by atoms with Gasteiger partial charge >= 0.3 is 18.0 Å². The number of hydrogen-bond donors (Lipinski definition) is 2. The van der Waals surface area contributed by atoms with Crippen LogP contribution < -0.4 is 16.2 Å². The van der Waals surface area contributed by atoms with Gasteiger partial charge in [0.25, 0.3) is 5.56 Å². The maximum Gasteiger partial charge on any atom is 0.359 e. The summed E-state index contributed by atoms with van der Waals surface area (Å²) in [7, 11) is 1.48. The van der Waals surface area contributed by atoms with Crippen LogP contribution in [-0.4, -0.2) is 60.7 Å². The molecule has 1 atom stereocenters. The Morgan fingerprint density at radius 1 is 1.21 bits per heavy atom. The summed E-state index contributed by atoms with van der Waals surface area (Å²) in [6, 6.07) is 1.28. The van der Waals surface area contributed by atoms with Crippen LogP contribution in [0.4, 0.5) is 4.79 Å². The average molecular weight is 394 g/mol. The fourth-order valence-electron chi connectivity index (χ4n) is 2.50. The van der Waals surface area contributed by atoms with Crippen molar-refractivity contribution in [3.8, 4) is 0 Å². The highest BCUT2D eigenvalue weighted by Crippen LogP contribution is 2.15. The number of methoxy groups -OCH3 is 1. The van der Waals surface area contributed by atoms with Crippen LogP contribution in [0.3, 0.4) is 0 Å². The maximum atomic E-state index is 12.3. The van der Waals surface area contributed by atoms with E-state index >= 15 is 0 Å². The lowest BCUT2D eigenvalue weighted by molar-refractivity contribution is -0.139. The van der Waals surface area contributed by atoms with E-state index in [-0.39, 0.29) is 48.9 Å². The number of rotatable bonds is 8. The van der Waals surface area contributed by atoms with E-state index < -0.39 is 24.0 Å². The Morgan fingerprint density at radius 2 is 1.96 bits per heavy atom. The summed E-state index contributed by atoms with van der Waals surface area (Å²) in [5.74, 6) is -1.44. The predicted molar refractivity (Wildman–Crippen MR) is 95.4 cm³/mol. The molecule has 2 amide bonds. The summed E-state index contributed by atoms with van der Waals surface area (Å²) < 4.78 is 16.1. The fourth-order valence-corrected chi connectivity index (χ4v) is 2.50. The minimum atomic E-state index is -0.817. The van der Waals surface area contributed by atoms with Crippen LogP contribution in [0.15, 0.2) is 28.2 Å². The minimum absolute atomic E-state index is 0.0951. The molecule has 1 aromatic heterocycles. The molecule has 0 saturated carbocycles. The van der Waals surface area contributed by atoms with E-state index in [0.717, 1.165) is 4.68 Å². The van der Waals surface area contributed by atoms with E-state index in [2.05, 4.69) is 15.7 Å². The monoisotopic (exact) mass is 394 g/mol. The van der Waals surface area contributed by atoms with Crippen molar-refractivity contribution < 1.29 is 28.6 Å². The third-order valence-electron chi connectivity index (χ3n) is 3.80. The summed E-state index contributed by atoms with van der Waals surface area (Å²) in [6.45, 7) is 3.47. The second-order valence-electron chi connectivity index (χ2n) is 5.78. The van der Waals surface area contributed by atoms with Gasteiger partial charge in [0.15, 0.2) is 5.69 Å². The van der Waals surface area contributed by atoms with Gasteiger partial charge in [0, 0.05) is 13.2 Å². The lowest BCUT2D eigenvalue weighted by atomic mass is 10.0. The summed E-state index contributed by atoms with van der Waals surface area (Å²) >= 11 is 0. The average Bonchev–Trinajstić information content (AvgIpc) is 2.65. The minimum Gasteiger partial charge on any atom is -0.463 e. The number of nitrogens with one attached hydrogen (secondary N) is 2. The van der Waals surface area contributed by atoms with Crippen molar-refractivity contribution in [2.45, 2.75) is 26.4 Å². The van der Waals surface area contributed by atoms with Gasteiger partial charge in [0.2, 0.25) is 0 Å². The van der Waals surface area contributed by atoms with Crippen molar-refractivity contribution in [1.29, 1.82) is 0 Å². The molecule has 0 spiro atoms. The molecular weight excluding hydrogens is 372 g/mol. The zero-order valence-electron chi connectivity index (χ0n) is 15.8. The van der Waals surface area contributed by atoms with Crippen molar-refractivity contribution in [1.82, 2.24) is 20.4 Å². The highest BCUT2D eigenvalue weighted by molar-refractivity contribution is 5.95. The van der Waals surface area contributed by atoms with Crippen LogP contribution in [0.25, 0.3) is 0 Å². The first-order chi connectivity index (χ1) is 13.4. The maximum absolute atomic E-state index is 12.3. The van der Waals surface area contributed by atoms with Gasteiger partial charge in [0.1, 0.15) is 6.61 Å². The highest BCUT2D eigenvalue weighted by atomic mass is 16.5. The van der Waals surface area contributed by atoms with Gasteiger partial charge in [-0.15, -0.1) is 0 Å². The highest BCUT2D eigenvalue weighted by Gasteiger charge is 2.30. The Bertz CT molecular complexity index is 846. The zero-order valence-corrected chi connectivity index (χ0v) is 15.8. The van der Waals surface area contributed by atoms with E-state index in [4.69, 9.17) is 14.2 Å². The molecule has 0 saturated heterocycles. The third-order valence-corrected chi connectivity index (χ3v) is 3.80. The fraction of sp³-hybridized carbons (Fsp3) is 0.471. The third kappa shape index (κ3) is 5.16. The Labute approximate surface area is 160 Å². The van der Waals surface area contributed by atoms with Crippen molar-refractivity contribution in [2.75, 3.05) is 26.9 Å². The first kappa shape index (κ1) is 21.1. The Morgan fingerprint density at radius 3 is 2.64 bits per heavy atom. The van der Waals surface area contributed by atoms with Gasteiger partial charge in [-0.05, 0) is 19.9 Å². The quantitative estimate of drug-likeness (QED) is 0.566. The number of amides is 2. The Hall–Kier alpha value is -3.21. The molecule has 152 valence electrons. The van der Waals surface area contributed by atoms with Gasteiger partial charge in [-0.3, -0.25) is 4.79 Å². The first-order valence-corrected chi connectivity index (χ1v) is 8.59. The summed E-state index contributed by atoms with van der Waals surface area (Å²) in [5.41, 5.74) is -0.203. The molecule has 0 fully saturated rings. The van der Waals surface area contributed by atoms with Gasteiger partial charge in [-0.1, -0.05) is 0 Å². The van der Waals surface area contributed by atoms with Crippen molar-refractivity contribution in [3.05, 3.63) is 39.5 Å². The number of hydrogen-bond acceptors (Lipinski definition) is 8. The van der Waals surface area contributed by atoms with Gasteiger partial charge in [-0.25, -0.2) is 19.1 Å². The predicted octanol–water partition coefficient (Wildman–Crippen LogP) is -0.435. The summed E-state index contributed by atoms with van der Waals surface area (Å²) in [4.78, 5) is 47.9. The lowest BCUT2D eigenvalue weighted by Gasteiger charge is -2.26. The molecule has 2 heterocycles. The van der Waals surface area contributed by atoms with Gasteiger partial charge in [0.05, 0.1) is 37.1 Å². The van der Waals surface area contributed by atoms with Crippen LogP contribution in [-0.2, 0) is 25.5 Å². The van der Waals surface area contributed by atoms with E-state index in [1.807, 2.05) is 0 Å². The topological polar surface area (TPSA) is 138 Å². The Kier molecular flexibility index (Phi) is 7.27. The van der Waals surface area contributed by atoms with Crippen molar-refractivity contribution >= 4 is 18.0 Å². The SMILES string of the molecule is CCOC(=O)C1=C(COC(=O)c2ccc(=O)n(CCOC)n2)NC(=O)NC1C. The molecule has 1 aromatic rings. The standard InChI is InChI=1S/C17H22N4O7/c1-4-27-16(24)14-10(2)18-17(25)19-12(14)9-28-15(23)11-5-6-13(22)21(20-11)7-8-26-3/h5-6,10H,4,7-9H2,1-3H3,(H2,18,19,25). The van der Waals surface area contributed by atoms with Crippen LogP contribution in [0.1, 0.15) is 24.3 Å². The zero-order chi connectivity index (χ0) is 20.7. The summed E-state index contributed by atoms with van der Waals surface area (Å²) in [6.07, 6.45) is 0. The number of aromatic nitrogens is 2. The largest absolute Gasteiger partial charge is 0.463 e. The van der Waals surface area contributed by atoms with Crippen LogP contribution >= 0.6 is 0 Å². The van der Waals surface area contributed by atoms with Gasteiger partial charge < -0.3 is 24.8 Å². The molecule has 2 rings (SSSR count). The molecule has 2 N–H and O–H groups in total. The molecule has 0 radical (unpaired) electrons. The normalized spacial score (nSPS) is 16.2. The number of nitrogens with zero attached hydrogens (tertiary/aromatic N) is 2. The van der Waals surface area contributed by atoms with Crippen molar-refractivity contribution in [3.63, 3.8) is 0 Å².